The molecule has 12 nitrogen and oxygen atoms in total. The smallest absolute Gasteiger partial charge is 0.266 e. The lowest BCUT2D eigenvalue weighted by Gasteiger charge is -2.31. The largest absolute Gasteiger partial charge is 0.494 e. The molecular weight excluding hydrogens is 620 g/mol. The Morgan fingerprint density at radius 1 is 0.979 bits per heavy atom. The quantitative estimate of drug-likeness (QED) is 0.0510. The van der Waals surface area contributed by atoms with E-state index in [2.05, 4.69) is 20.9 Å². The minimum Gasteiger partial charge on any atom is -0.494 e. The van der Waals surface area contributed by atoms with Crippen molar-refractivity contribution in [3.63, 3.8) is 0 Å². The monoisotopic (exact) mass is 654 g/mol. The van der Waals surface area contributed by atoms with Gasteiger partial charge in [0.25, 0.3) is 5.91 Å². The van der Waals surface area contributed by atoms with Gasteiger partial charge in [0.15, 0.2) is 21.5 Å². The van der Waals surface area contributed by atoms with E-state index in [4.69, 9.17) is 19.6 Å². The third-order valence-electron chi connectivity index (χ3n) is 7.59. The number of ether oxygens (including phenoxy) is 2. The predicted molar refractivity (Wildman–Crippen MR) is 177 cm³/mol. The lowest BCUT2D eigenvalue weighted by molar-refractivity contribution is -0.130. The number of sulfone groups is 1. The topological polar surface area (TPSA) is 175 Å². The van der Waals surface area contributed by atoms with Gasteiger partial charge in [0.1, 0.15) is 5.75 Å². The Morgan fingerprint density at radius 3 is 2.36 bits per heavy atom. The summed E-state index contributed by atoms with van der Waals surface area (Å²) in [5.74, 6) is -0.394. The van der Waals surface area contributed by atoms with Gasteiger partial charge in [-0.2, -0.15) is 0 Å². The minimum absolute atomic E-state index is 0.00574. The lowest BCUT2D eigenvalue weighted by Crippen LogP contribution is -2.53. The van der Waals surface area contributed by atoms with Crippen LogP contribution in [0.15, 0.2) is 124 Å². The Labute approximate surface area is 272 Å². The standard InChI is InChI=1S/C34H34N6O6S/c35-40-38-30-15-8-7-14-29(30)31-34(20-23-47(43,44)28-12-5-2-6-13-28,33(42)39-36-24-25-10-3-1-4-11-25)37-32(46-31)26-16-18-27(19-17-26)45-22-9-21-41/h1-8,10-19,31,36,41H,9,20-24H2,(H,39,42)/t31-,34-/m0/s1. The molecule has 1 aliphatic heterocycles. The van der Waals surface area contributed by atoms with Crippen LogP contribution in [0.4, 0.5) is 5.69 Å². The maximum absolute atomic E-state index is 14.3. The van der Waals surface area contributed by atoms with Crippen molar-refractivity contribution in [3.05, 3.63) is 136 Å². The van der Waals surface area contributed by atoms with Gasteiger partial charge in [-0.15, -0.1) is 0 Å². The normalized spacial score (nSPS) is 17.2. The van der Waals surface area contributed by atoms with Crippen LogP contribution in [0.3, 0.4) is 0 Å². The molecule has 0 fully saturated rings. The third-order valence-corrected chi connectivity index (χ3v) is 9.33. The molecule has 1 amide bonds. The summed E-state index contributed by atoms with van der Waals surface area (Å²) < 4.78 is 39.1. The van der Waals surface area contributed by atoms with E-state index in [9.17, 15) is 18.7 Å². The highest BCUT2D eigenvalue weighted by Gasteiger charge is 2.54. The first-order valence-electron chi connectivity index (χ1n) is 15.0. The van der Waals surface area contributed by atoms with Gasteiger partial charge < -0.3 is 14.6 Å². The second kappa shape index (κ2) is 15.4. The number of rotatable bonds is 15. The number of carbonyl (C=O) groups is 1. The highest BCUT2D eigenvalue weighted by atomic mass is 32.2. The van der Waals surface area contributed by atoms with E-state index in [0.717, 1.165) is 5.56 Å². The molecule has 0 saturated carbocycles. The summed E-state index contributed by atoms with van der Waals surface area (Å²) in [6.07, 6.45) is -0.945. The Balaban J connectivity index is 1.56. The molecular formula is C34H34N6O6S. The van der Waals surface area contributed by atoms with Crippen LogP contribution in [0.2, 0.25) is 0 Å². The van der Waals surface area contributed by atoms with Crippen molar-refractivity contribution in [1.29, 1.82) is 0 Å². The summed E-state index contributed by atoms with van der Waals surface area (Å²) in [4.78, 5) is 22.3. The summed E-state index contributed by atoms with van der Waals surface area (Å²) in [5, 5.41) is 12.9. The molecule has 13 heteroatoms. The fraction of sp³-hybridized carbons (Fsp3) is 0.235. The van der Waals surface area contributed by atoms with Crippen LogP contribution in [0.5, 0.6) is 5.75 Å². The van der Waals surface area contributed by atoms with E-state index < -0.39 is 33.1 Å². The summed E-state index contributed by atoms with van der Waals surface area (Å²) in [6.45, 7) is 0.632. The molecule has 5 rings (SSSR count). The number of nitrogens with one attached hydrogen (secondary N) is 2. The van der Waals surface area contributed by atoms with Crippen molar-refractivity contribution in [2.24, 2.45) is 10.1 Å². The predicted octanol–water partition coefficient (Wildman–Crippen LogP) is 5.33. The first kappa shape index (κ1) is 33.2. The minimum atomic E-state index is -3.85. The summed E-state index contributed by atoms with van der Waals surface area (Å²) >= 11 is 0. The molecule has 0 saturated heterocycles. The zero-order valence-corrected chi connectivity index (χ0v) is 26.2. The number of hydrogen-bond acceptors (Lipinski definition) is 9. The fourth-order valence-electron chi connectivity index (χ4n) is 5.16. The van der Waals surface area contributed by atoms with Crippen LogP contribution in [0.25, 0.3) is 10.4 Å². The highest BCUT2D eigenvalue weighted by molar-refractivity contribution is 7.91. The number of hydrazine groups is 1. The van der Waals surface area contributed by atoms with Gasteiger partial charge in [-0.3, -0.25) is 10.2 Å². The molecule has 47 heavy (non-hydrogen) atoms. The van der Waals surface area contributed by atoms with Crippen LogP contribution in [-0.4, -0.2) is 49.8 Å². The van der Waals surface area contributed by atoms with Gasteiger partial charge in [0.2, 0.25) is 5.90 Å². The Hall–Kier alpha value is -5.20. The van der Waals surface area contributed by atoms with Gasteiger partial charge in [0.05, 0.1) is 17.3 Å². The maximum Gasteiger partial charge on any atom is 0.266 e. The number of carbonyl (C=O) groups excluding carboxylic acids is 1. The number of hydrogen-bond donors (Lipinski definition) is 3. The van der Waals surface area contributed by atoms with E-state index in [0.29, 0.717) is 36.4 Å². The van der Waals surface area contributed by atoms with Crippen LogP contribution in [0, 0.1) is 0 Å². The Kier molecular flexibility index (Phi) is 10.9. The second-order valence-electron chi connectivity index (χ2n) is 10.7. The van der Waals surface area contributed by atoms with Crippen molar-refractivity contribution in [2.45, 2.75) is 35.9 Å². The molecule has 0 radical (unpaired) electrons. The van der Waals surface area contributed by atoms with E-state index in [1.807, 2.05) is 30.3 Å². The number of aliphatic imine (C=N–C) groups is 1. The Morgan fingerprint density at radius 2 is 1.66 bits per heavy atom. The molecule has 4 aromatic rings. The van der Waals surface area contributed by atoms with Crippen LogP contribution in [-0.2, 0) is 25.9 Å². The van der Waals surface area contributed by atoms with Gasteiger partial charge >= 0.3 is 0 Å². The lowest BCUT2D eigenvalue weighted by atomic mass is 9.84. The summed E-state index contributed by atoms with van der Waals surface area (Å²) in [6, 6.07) is 30.9. The van der Waals surface area contributed by atoms with Crippen LogP contribution < -0.4 is 15.6 Å². The van der Waals surface area contributed by atoms with Gasteiger partial charge in [-0.1, -0.05) is 77.9 Å². The summed E-state index contributed by atoms with van der Waals surface area (Å²) in [7, 11) is -3.85. The van der Waals surface area contributed by atoms with Crippen molar-refractivity contribution >= 4 is 27.3 Å². The van der Waals surface area contributed by atoms with Crippen molar-refractivity contribution in [3.8, 4) is 5.75 Å². The number of aliphatic hydroxyl groups excluding tert-OH is 1. The van der Waals surface area contributed by atoms with E-state index in [1.54, 1.807) is 66.7 Å². The number of nitrogens with zero attached hydrogens (tertiary/aromatic N) is 4. The van der Waals surface area contributed by atoms with E-state index in [1.165, 1.54) is 12.1 Å². The fourth-order valence-corrected chi connectivity index (χ4v) is 6.55. The first-order chi connectivity index (χ1) is 22.9. The zero-order valence-electron chi connectivity index (χ0n) is 25.4. The average Bonchev–Trinajstić information content (AvgIpc) is 3.50. The molecule has 0 bridgehead atoms. The molecule has 3 N–H and O–H groups in total. The third kappa shape index (κ3) is 7.97. The molecule has 0 aromatic heterocycles. The van der Waals surface area contributed by atoms with Crippen molar-refractivity contribution in [2.75, 3.05) is 19.0 Å². The van der Waals surface area contributed by atoms with E-state index >= 15 is 0 Å². The van der Waals surface area contributed by atoms with Crippen molar-refractivity contribution < 1.29 is 27.8 Å². The van der Waals surface area contributed by atoms with Gasteiger partial charge in [-0.05, 0) is 47.5 Å². The van der Waals surface area contributed by atoms with Gasteiger partial charge in [-0.25, -0.2) is 18.8 Å². The average molecular weight is 655 g/mol. The molecule has 242 valence electrons. The molecule has 2 atom stereocenters. The highest BCUT2D eigenvalue weighted by Crippen LogP contribution is 2.45. The molecule has 0 aliphatic carbocycles. The molecule has 1 heterocycles. The SMILES string of the molecule is [N-]=[N+]=Nc1ccccc1[C@@H]1OC(c2ccc(OCCCO)cc2)=N[C@]1(CCS(=O)(=O)c1ccccc1)C(=O)NNCc1ccccc1. The maximum atomic E-state index is 14.3. The molecule has 1 aliphatic rings. The molecule has 4 aromatic carbocycles. The van der Waals surface area contributed by atoms with Gasteiger partial charge in [0, 0.05) is 47.7 Å². The van der Waals surface area contributed by atoms with Crippen LogP contribution in [0.1, 0.15) is 35.6 Å². The van der Waals surface area contributed by atoms with Crippen LogP contribution >= 0.6 is 0 Å². The number of benzene rings is 4. The van der Waals surface area contributed by atoms with Crippen molar-refractivity contribution in [1.82, 2.24) is 10.9 Å². The summed E-state index contributed by atoms with van der Waals surface area (Å²) in [5.41, 5.74) is 15.2. The first-order valence-corrected chi connectivity index (χ1v) is 16.6. The van der Waals surface area contributed by atoms with E-state index in [-0.39, 0.29) is 29.5 Å². The molecule has 0 unspecified atom stereocenters. The number of azide groups is 1. The zero-order chi connectivity index (χ0) is 33.1. The number of aliphatic hydroxyl groups is 1. The molecule has 0 spiro atoms. The number of amides is 1. The Bertz CT molecular complexity index is 1850. The second-order valence-corrected chi connectivity index (χ2v) is 12.8.